The Morgan fingerprint density at radius 2 is 2.00 bits per heavy atom. The van der Waals surface area contributed by atoms with Crippen molar-refractivity contribution in [1.82, 2.24) is 4.57 Å². The molecule has 22 heavy (non-hydrogen) atoms. The molecule has 110 valence electrons. The smallest absolute Gasteiger partial charge is 0.343 e. The predicted molar refractivity (Wildman–Crippen MR) is 78.7 cm³/mol. The van der Waals surface area contributed by atoms with Gasteiger partial charge in [-0.1, -0.05) is 5.46 Å². The number of carbonyl (C=O) groups is 2. The second-order valence-electron chi connectivity index (χ2n) is 4.35. The lowest BCUT2D eigenvalue weighted by Crippen LogP contribution is -2.34. The Morgan fingerprint density at radius 3 is 2.55 bits per heavy atom. The maximum absolute atomic E-state index is 13.0. The molecule has 0 aliphatic rings. The molecular weight excluding hydrogens is 288 g/mol. The number of pyridine rings is 1. The van der Waals surface area contributed by atoms with E-state index in [0.29, 0.717) is 6.29 Å². The summed E-state index contributed by atoms with van der Waals surface area (Å²) in [6.07, 6.45) is 0.398. The summed E-state index contributed by atoms with van der Waals surface area (Å²) >= 11 is 0. The Labute approximate surface area is 126 Å². The zero-order valence-electron chi connectivity index (χ0n) is 11.7. The number of hydrogen-bond acceptors (Lipinski definition) is 4. The quantitative estimate of drug-likeness (QED) is 0.475. The maximum Gasteiger partial charge on any atom is 0.343 e. The minimum atomic E-state index is -0.840. The van der Waals surface area contributed by atoms with E-state index >= 15 is 0 Å². The molecule has 0 saturated carbocycles. The van der Waals surface area contributed by atoms with E-state index in [2.05, 4.69) is 0 Å². The highest BCUT2D eigenvalue weighted by Crippen LogP contribution is 2.09. The van der Waals surface area contributed by atoms with Crippen LogP contribution in [0.3, 0.4) is 0 Å². The molecule has 2 radical (unpaired) electrons. The molecule has 2 aromatic rings. The van der Waals surface area contributed by atoms with E-state index in [1.54, 1.807) is 6.92 Å². The summed E-state index contributed by atoms with van der Waals surface area (Å²) in [5.74, 6) is -1.34. The number of halogens is 1. The van der Waals surface area contributed by atoms with Crippen LogP contribution in [0.15, 0.2) is 35.1 Å². The molecule has 0 spiro atoms. The van der Waals surface area contributed by atoms with E-state index < -0.39 is 17.3 Å². The third-order valence-corrected chi connectivity index (χ3v) is 2.96. The van der Waals surface area contributed by atoms with Crippen LogP contribution in [0.4, 0.5) is 4.39 Å². The van der Waals surface area contributed by atoms with Crippen molar-refractivity contribution in [2.24, 2.45) is 0 Å². The first kappa shape index (κ1) is 15.7. The van der Waals surface area contributed by atoms with Gasteiger partial charge >= 0.3 is 5.97 Å². The van der Waals surface area contributed by atoms with Gasteiger partial charge in [-0.05, 0) is 37.3 Å². The van der Waals surface area contributed by atoms with Gasteiger partial charge in [0.05, 0.1) is 12.3 Å². The van der Waals surface area contributed by atoms with Crippen LogP contribution in [0.25, 0.3) is 5.69 Å². The second-order valence-corrected chi connectivity index (χ2v) is 4.35. The second kappa shape index (κ2) is 6.38. The molecule has 0 N–H and O–H groups in total. The first-order chi connectivity index (χ1) is 10.5. The third kappa shape index (κ3) is 2.83. The number of aromatic nitrogens is 1. The maximum atomic E-state index is 13.0. The summed E-state index contributed by atoms with van der Waals surface area (Å²) in [5, 5.41) is 0. The van der Waals surface area contributed by atoms with E-state index in [9.17, 15) is 18.8 Å². The molecule has 0 amide bonds. The fourth-order valence-corrected chi connectivity index (χ4v) is 1.97. The first-order valence-electron chi connectivity index (χ1n) is 6.43. The third-order valence-electron chi connectivity index (χ3n) is 2.96. The van der Waals surface area contributed by atoms with Crippen molar-refractivity contribution >= 4 is 25.6 Å². The van der Waals surface area contributed by atoms with Crippen LogP contribution in [-0.2, 0) is 4.74 Å². The van der Waals surface area contributed by atoms with Gasteiger partial charge in [0.25, 0.3) is 5.56 Å². The summed E-state index contributed by atoms with van der Waals surface area (Å²) in [4.78, 5) is 35.5. The lowest BCUT2D eigenvalue weighted by atomic mass is 9.92. The van der Waals surface area contributed by atoms with E-state index in [0.717, 1.165) is 22.8 Å². The van der Waals surface area contributed by atoms with E-state index in [4.69, 9.17) is 12.6 Å². The molecular formula is C15H11BFNO4. The Bertz CT molecular complexity index is 783. The Kier molecular flexibility index (Phi) is 4.55. The van der Waals surface area contributed by atoms with E-state index in [1.807, 2.05) is 0 Å². The van der Waals surface area contributed by atoms with Gasteiger partial charge < -0.3 is 4.74 Å². The number of hydrogen-bond donors (Lipinski definition) is 0. The molecule has 1 heterocycles. The average Bonchev–Trinajstić information content (AvgIpc) is 2.50. The van der Waals surface area contributed by atoms with Crippen molar-refractivity contribution in [2.45, 2.75) is 6.92 Å². The number of nitrogens with zero attached hydrogens (tertiary/aromatic N) is 1. The fraction of sp³-hybridized carbons (Fsp3) is 0.133. The molecule has 0 fully saturated rings. The lowest BCUT2D eigenvalue weighted by Gasteiger charge is -2.13. The van der Waals surface area contributed by atoms with Crippen LogP contribution >= 0.6 is 0 Å². The molecule has 0 unspecified atom stereocenters. The van der Waals surface area contributed by atoms with Gasteiger partial charge in [0.15, 0.2) is 6.29 Å². The number of rotatable bonds is 4. The van der Waals surface area contributed by atoms with Crippen LogP contribution in [0.5, 0.6) is 0 Å². The molecule has 1 aromatic carbocycles. The van der Waals surface area contributed by atoms with Crippen molar-refractivity contribution in [3.05, 3.63) is 57.8 Å². The normalized spacial score (nSPS) is 10.3. The molecule has 0 saturated heterocycles. The Morgan fingerprint density at radius 1 is 1.36 bits per heavy atom. The summed E-state index contributed by atoms with van der Waals surface area (Å²) in [6.45, 7) is 1.68. The van der Waals surface area contributed by atoms with Crippen molar-refractivity contribution in [2.75, 3.05) is 6.61 Å². The molecule has 0 bridgehead atoms. The van der Waals surface area contributed by atoms with Gasteiger partial charge in [-0.15, -0.1) is 0 Å². The van der Waals surface area contributed by atoms with Crippen molar-refractivity contribution in [3.8, 4) is 5.69 Å². The fourth-order valence-electron chi connectivity index (χ4n) is 1.97. The highest BCUT2D eigenvalue weighted by Gasteiger charge is 2.19. The molecule has 7 heteroatoms. The largest absolute Gasteiger partial charge is 0.462 e. The van der Waals surface area contributed by atoms with Gasteiger partial charge in [-0.3, -0.25) is 14.2 Å². The molecule has 0 atom stereocenters. The van der Waals surface area contributed by atoms with E-state index in [-0.39, 0.29) is 29.0 Å². The minimum Gasteiger partial charge on any atom is -0.462 e. The summed E-state index contributed by atoms with van der Waals surface area (Å²) in [6, 6.07) is 5.97. The predicted octanol–water partition coefficient (Wildman–Crippen LogP) is 0.760. The zero-order valence-corrected chi connectivity index (χ0v) is 11.7. The topological polar surface area (TPSA) is 65.4 Å². The van der Waals surface area contributed by atoms with Gasteiger partial charge in [0.1, 0.15) is 19.2 Å². The first-order valence-corrected chi connectivity index (χ1v) is 6.43. The van der Waals surface area contributed by atoms with Crippen molar-refractivity contribution < 1.29 is 18.7 Å². The standard InChI is InChI=1S/C15H11BFNO4/c1-2-22-15(21)11-7-12(16)13(8-19)18(14(11)20)10-5-3-9(17)4-6-10/h3-8H,2H2,1H3. The summed E-state index contributed by atoms with van der Waals surface area (Å²) in [7, 11) is 5.73. The number of benzene rings is 1. The number of ether oxygens (including phenoxy) is 1. The number of carbonyl (C=O) groups excluding carboxylic acids is 2. The van der Waals surface area contributed by atoms with Crippen LogP contribution < -0.4 is 11.0 Å². The highest BCUT2D eigenvalue weighted by molar-refractivity contribution is 6.35. The van der Waals surface area contributed by atoms with Gasteiger partial charge in [0, 0.05) is 5.69 Å². The molecule has 1 aromatic heterocycles. The zero-order chi connectivity index (χ0) is 16.3. The van der Waals surface area contributed by atoms with Crippen LogP contribution in [0.2, 0.25) is 0 Å². The summed E-state index contributed by atoms with van der Waals surface area (Å²) in [5.41, 5.74) is -1.02. The van der Waals surface area contributed by atoms with Crippen molar-refractivity contribution in [1.29, 1.82) is 0 Å². The molecule has 2 rings (SSSR count). The van der Waals surface area contributed by atoms with Crippen LogP contribution in [0.1, 0.15) is 27.8 Å². The lowest BCUT2D eigenvalue weighted by molar-refractivity contribution is 0.0523. The molecule has 0 aliphatic heterocycles. The Hall–Kier alpha value is -2.70. The van der Waals surface area contributed by atoms with Gasteiger partial charge in [-0.2, -0.15) is 0 Å². The minimum absolute atomic E-state index is 0.0537. The molecule has 0 aliphatic carbocycles. The number of esters is 1. The SMILES string of the molecule is [B]c1cc(C(=O)OCC)c(=O)n(-c2ccc(F)cc2)c1C=O. The van der Waals surface area contributed by atoms with Gasteiger partial charge in [-0.25, -0.2) is 9.18 Å². The van der Waals surface area contributed by atoms with Crippen LogP contribution in [0, 0.1) is 5.82 Å². The summed E-state index contributed by atoms with van der Waals surface area (Å²) < 4.78 is 18.8. The van der Waals surface area contributed by atoms with E-state index in [1.165, 1.54) is 12.1 Å². The van der Waals surface area contributed by atoms with Crippen LogP contribution in [-0.4, -0.2) is 31.3 Å². The number of aldehydes is 1. The average molecular weight is 299 g/mol. The molecule has 5 nitrogen and oxygen atoms in total. The van der Waals surface area contributed by atoms with Crippen molar-refractivity contribution in [3.63, 3.8) is 0 Å². The highest BCUT2D eigenvalue weighted by atomic mass is 19.1. The Balaban J connectivity index is 2.75. The monoisotopic (exact) mass is 299 g/mol. The van der Waals surface area contributed by atoms with Gasteiger partial charge in [0.2, 0.25) is 0 Å².